The molecular weight excluding hydrogens is 452 g/mol. The highest BCUT2D eigenvalue weighted by Gasteiger charge is 2.15. The zero-order chi connectivity index (χ0) is 24.3. The molecule has 0 amide bonds. The number of fused-ring (bicyclic) bond motifs is 8. The van der Waals surface area contributed by atoms with Gasteiger partial charge in [-0.15, -0.1) is 0 Å². The summed E-state index contributed by atoms with van der Waals surface area (Å²) in [6, 6.07) is 40.0. The maximum atomic E-state index is 6.01. The van der Waals surface area contributed by atoms with E-state index >= 15 is 0 Å². The molecule has 0 saturated heterocycles. The average Bonchev–Trinajstić information content (AvgIpc) is 3.34. The van der Waals surface area contributed by atoms with Crippen molar-refractivity contribution in [2.45, 2.75) is 0 Å². The molecule has 0 N–H and O–H groups in total. The molecule has 37 heavy (non-hydrogen) atoms. The lowest BCUT2D eigenvalue weighted by Gasteiger charge is -2.12. The minimum absolute atomic E-state index is 0.905. The van der Waals surface area contributed by atoms with Gasteiger partial charge in [-0.1, -0.05) is 91.0 Å². The molecule has 3 heterocycles. The number of hydrogen-bond acceptors (Lipinski definition) is 3. The molecule has 0 aliphatic rings. The van der Waals surface area contributed by atoms with Crippen LogP contribution in [0.25, 0.3) is 76.9 Å². The van der Waals surface area contributed by atoms with E-state index in [4.69, 9.17) is 14.4 Å². The fourth-order valence-electron chi connectivity index (χ4n) is 5.50. The molecule has 8 rings (SSSR count). The number of furan rings is 1. The highest BCUT2D eigenvalue weighted by molar-refractivity contribution is 6.20. The number of para-hydroxylation sites is 2. The van der Waals surface area contributed by atoms with Gasteiger partial charge in [-0.25, -0.2) is 4.98 Å². The number of rotatable bonds is 2. The molecule has 0 unspecified atom stereocenters. The summed E-state index contributed by atoms with van der Waals surface area (Å²) in [6.07, 6.45) is 1.95. The molecule has 0 saturated carbocycles. The molecule has 0 aliphatic carbocycles. The van der Waals surface area contributed by atoms with Crippen molar-refractivity contribution in [1.82, 2.24) is 9.97 Å². The largest absolute Gasteiger partial charge is 0.456 e. The smallest absolute Gasteiger partial charge is 0.135 e. The van der Waals surface area contributed by atoms with Crippen molar-refractivity contribution in [3.05, 3.63) is 121 Å². The molecule has 0 fully saturated rings. The Bertz CT molecular complexity index is 2120. The fraction of sp³-hybridized carbons (Fsp3) is 0. The Hall–Kier alpha value is -5.02. The summed E-state index contributed by atoms with van der Waals surface area (Å²) >= 11 is 0. The Balaban J connectivity index is 1.30. The van der Waals surface area contributed by atoms with Crippen molar-refractivity contribution in [2.75, 3.05) is 0 Å². The topological polar surface area (TPSA) is 38.9 Å². The van der Waals surface area contributed by atoms with Crippen molar-refractivity contribution in [2.24, 2.45) is 0 Å². The van der Waals surface area contributed by atoms with Crippen LogP contribution in [0.2, 0.25) is 0 Å². The van der Waals surface area contributed by atoms with Gasteiger partial charge in [0, 0.05) is 38.7 Å². The lowest BCUT2D eigenvalue weighted by Crippen LogP contribution is -1.93. The third kappa shape index (κ3) is 3.08. The van der Waals surface area contributed by atoms with Crippen molar-refractivity contribution in [1.29, 1.82) is 0 Å². The van der Waals surface area contributed by atoms with E-state index in [-0.39, 0.29) is 0 Å². The van der Waals surface area contributed by atoms with Crippen LogP contribution in [0, 0.1) is 0 Å². The summed E-state index contributed by atoms with van der Waals surface area (Å²) in [6.45, 7) is 0. The molecule has 172 valence electrons. The highest BCUT2D eigenvalue weighted by atomic mass is 16.3. The first kappa shape index (κ1) is 20.2. The summed E-state index contributed by atoms with van der Waals surface area (Å²) in [7, 11) is 0. The molecule has 0 spiro atoms. The number of aromatic nitrogens is 2. The molecule has 8 aromatic rings. The van der Waals surface area contributed by atoms with Crippen LogP contribution in [-0.4, -0.2) is 9.97 Å². The Labute approximate surface area is 212 Å². The monoisotopic (exact) mass is 472 g/mol. The molecule has 3 heteroatoms. The SMILES string of the molecule is c1ccc2c(c1)cnc1c(-c3ccc(-c4ccc5oc6ccccc6c5c4)cc3)nc3ccccc3c12. The van der Waals surface area contributed by atoms with Gasteiger partial charge in [0.1, 0.15) is 11.2 Å². The van der Waals surface area contributed by atoms with Gasteiger partial charge in [0.25, 0.3) is 0 Å². The van der Waals surface area contributed by atoms with Crippen LogP contribution >= 0.6 is 0 Å². The van der Waals surface area contributed by atoms with Gasteiger partial charge < -0.3 is 4.42 Å². The van der Waals surface area contributed by atoms with Gasteiger partial charge in [0.15, 0.2) is 0 Å². The number of benzene rings is 5. The van der Waals surface area contributed by atoms with Crippen LogP contribution in [0.1, 0.15) is 0 Å². The lowest BCUT2D eigenvalue weighted by atomic mass is 9.97. The van der Waals surface area contributed by atoms with Crippen LogP contribution < -0.4 is 0 Å². The number of nitrogens with zero attached hydrogens (tertiary/aromatic N) is 2. The molecule has 5 aromatic carbocycles. The minimum Gasteiger partial charge on any atom is -0.456 e. The minimum atomic E-state index is 0.905. The van der Waals surface area contributed by atoms with Crippen molar-refractivity contribution < 1.29 is 4.42 Å². The normalized spacial score (nSPS) is 11.8. The van der Waals surface area contributed by atoms with E-state index in [1.165, 1.54) is 5.39 Å². The van der Waals surface area contributed by atoms with Gasteiger partial charge in [-0.05, 0) is 40.8 Å². The Morgan fingerprint density at radius 3 is 2.08 bits per heavy atom. The summed E-state index contributed by atoms with van der Waals surface area (Å²) in [5, 5.41) is 6.89. The molecule has 0 aliphatic heterocycles. The summed E-state index contributed by atoms with van der Waals surface area (Å²) in [5.41, 5.74) is 8.00. The van der Waals surface area contributed by atoms with Crippen LogP contribution in [0.5, 0.6) is 0 Å². The lowest BCUT2D eigenvalue weighted by molar-refractivity contribution is 0.669. The Kier molecular flexibility index (Phi) is 4.23. The second-order valence-corrected chi connectivity index (χ2v) is 9.43. The van der Waals surface area contributed by atoms with Gasteiger partial charge in [-0.3, -0.25) is 4.98 Å². The van der Waals surface area contributed by atoms with Gasteiger partial charge in [0.2, 0.25) is 0 Å². The molecule has 3 aromatic heterocycles. The van der Waals surface area contributed by atoms with Crippen LogP contribution in [0.3, 0.4) is 0 Å². The number of hydrogen-bond donors (Lipinski definition) is 0. The highest BCUT2D eigenvalue weighted by Crippen LogP contribution is 2.37. The summed E-state index contributed by atoms with van der Waals surface area (Å²) < 4.78 is 6.01. The van der Waals surface area contributed by atoms with Crippen molar-refractivity contribution >= 4 is 54.5 Å². The first-order chi connectivity index (χ1) is 18.3. The van der Waals surface area contributed by atoms with E-state index in [1.807, 2.05) is 24.4 Å². The van der Waals surface area contributed by atoms with E-state index in [9.17, 15) is 0 Å². The van der Waals surface area contributed by atoms with Crippen molar-refractivity contribution in [3.63, 3.8) is 0 Å². The predicted octanol–water partition coefficient (Wildman–Crippen LogP) is 9.17. The van der Waals surface area contributed by atoms with E-state index in [1.54, 1.807) is 0 Å². The third-order valence-electron chi connectivity index (χ3n) is 7.30. The van der Waals surface area contributed by atoms with Gasteiger partial charge in [0.05, 0.1) is 16.7 Å². The summed E-state index contributed by atoms with van der Waals surface area (Å²) in [5.74, 6) is 0. The average molecular weight is 473 g/mol. The van der Waals surface area contributed by atoms with Gasteiger partial charge in [-0.2, -0.15) is 0 Å². The molecular formula is C34H20N2O. The fourth-order valence-corrected chi connectivity index (χ4v) is 5.50. The third-order valence-corrected chi connectivity index (χ3v) is 7.30. The van der Waals surface area contributed by atoms with E-state index in [2.05, 4.69) is 97.1 Å². The quantitative estimate of drug-likeness (QED) is 0.235. The van der Waals surface area contributed by atoms with E-state index in [0.29, 0.717) is 0 Å². The van der Waals surface area contributed by atoms with Crippen molar-refractivity contribution in [3.8, 4) is 22.4 Å². The molecule has 3 nitrogen and oxygen atoms in total. The zero-order valence-corrected chi connectivity index (χ0v) is 19.8. The first-order valence-electron chi connectivity index (χ1n) is 12.4. The summed E-state index contributed by atoms with van der Waals surface area (Å²) in [4.78, 5) is 9.98. The Morgan fingerprint density at radius 1 is 0.514 bits per heavy atom. The molecule has 0 bridgehead atoms. The standard InChI is InChI=1S/C34H20N2O/c1-2-8-25-24(7-1)20-35-34-32(25)27-10-3-5-11-29(27)36-33(34)22-15-13-21(14-16-22)23-17-18-31-28(19-23)26-9-4-6-12-30(26)37-31/h1-20H. The van der Waals surface area contributed by atoms with E-state index in [0.717, 1.165) is 71.5 Å². The first-order valence-corrected chi connectivity index (χ1v) is 12.4. The zero-order valence-electron chi connectivity index (χ0n) is 19.8. The van der Waals surface area contributed by atoms with Crippen LogP contribution in [-0.2, 0) is 0 Å². The second kappa shape index (κ2) is 7.74. The van der Waals surface area contributed by atoms with Crippen LogP contribution in [0.15, 0.2) is 126 Å². The number of pyridine rings is 2. The van der Waals surface area contributed by atoms with E-state index < -0.39 is 0 Å². The van der Waals surface area contributed by atoms with Crippen LogP contribution in [0.4, 0.5) is 0 Å². The Morgan fingerprint density at radius 2 is 1.19 bits per heavy atom. The maximum absolute atomic E-state index is 6.01. The molecule has 0 radical (unpaired) electrons. The second-order valence-electron chi connectivity index (χ2n) is 9.43. The van der Waals surface area contributed by atoms with Gasteiger partial charge >= 0.3 is 0 Å². The maximum Gasteiger partial charge on any atom is 0.135 e. The predicted molar refractivity (Wildman–Crippen MR) is 153 cm³/mol. The molecule has 0 atom stereocenters.